The first-order chi connectivity index (χ1) is 13.5. The van der Waals surface area contributed by atoms with Gasteiger partial charge in [0, 0.05) is 31.3 Å². The van der Waals surface area contributed by atoms with Gasteiger partial charge in [0.25, 0.3) is 5.91 Å². The number of nitrogens with one attached hydrogen (secondary N) is 2. The van der Waals surface area contributed by atoms with Crippen LogP contribution in [0.3, 0.4) is 0 Å². The van der Waals surface area contributed by atoms with Gasteiger partial charge in [-0.2, -0.15) is 0 Å². The highest BCUT2D eigenvalue weighted by atomic mass is 16.2. The first-order valence-electron chi connectivity index (χ1n) is 9.97. The lowest BCUT2D eigenvalue weighted by atomic mass is 10.1. The Morgan fingerprint density at radius 3 is 2.29 bits per heavy atom. The van der Waals surface area contributed by atoms with Crippen molar-refractivity contribution >= 4 is 17.5 Å². The number of benzene rings is 2. The monoisotopic (exact) mass is 381 g/mol. The van der Waals surface area contributed by atoms with Crippen LogP contribution in [0.25, 0.3) is 0 Å². The van der Waals surface area contributed by atoms with E-state index < -0.39 is 0 Å². The lowest BCUT2D eigenvalue weighted by Crippen LogP contribution is -2.25. The summed E-state index contributed by atoms with van der Waals surface area (Å²) in [5.41, 5.74) is 3.68. The van der Waals surface area contributed by atoms with Crippen LogP contribution in [0.4, 0.5) is 5.69 Å². The van der Waals surface area contributed by atoms with Crippen LogP contribution in [-0.4, -0.2) is 43.4 Å². The van der Waals surface area contributed by atoms with Gasteiger partial charge in [-0.25, -0.2) is 0 Å². The van der Waals surface area contributed by atoms with Crippen molar-refractivity contribution in [2.75, 3.05) is 32.0 Å². The number of carbonyl (C=O) groups excluding carboxylic acids is 2. The summed E-state index contributed by atoms with van der Waals surface area (Å²) in [7, 11) is 1.61. The van der Waals surface area contributed by atoms with E-state index >= 15 is 0 Å². The van der Waals surface area contributed by atoms with Crippen LogP contribution in [0.15, 0.2) is 48.5 Å². The minimum Gasteiger partial charge on any atom is -0.355 e. The summed E-state index contributed by atoms with van der Waals surface area (Å²) in [6.07, 6.45) is 1.98. The number of anilines is 1. The summed E-state index contributed by atoms with van der Waals surface area (Å²) >= 11 is 0. The van der Waals surface area contributed by atoms with Gasteiger partial charge in [0.15, 0.2) is 0 Å². The van der Waals surface area contributed by atoms with E-state index in [0.717, 1.165) is 37.3 Å². The molecule has 0 aliphatic carbocycles. The minimum absolute atomic E-state index is 0.0266. The van der Waals surface area contributed by atoms with Gasteiger partial charge in [-0.15, -0.1) is 0 Å². The summed E-state index contributed by atoms with van der Waals surface area (Å²) in [6, 6.07) is 15.4. The van der Waals surface area contributed by atoms with Crippen LogP contribution >= 0.6 is 0 Å². The molecule has 0 saturated carbocycles. The Balaban J connectivity index is 1.82. The second-order valence-electron chi connectivity index (χ2n) is 6.80. The van der Waals surface area contributed by atoms with Crippen molar-refractivity contribution in [1.82, 2.24) is 10.2 Å². The maximum absolute atomic E-state index is 12.2. The zero-order valence-corrected chi connectivity index (χ0v) is 17.1. The highest BCUT2D eigenvalue weighted by molar-refractivity contribution is 5.94. The van der Waals surface area contributed by atoms with E-state index in [1.807, 2.05) is 30.3 Å². The van der Waals surface area contributed by atoms with E-state index in [4.69, 9.17) is 0 Å². The van der Waals surface area contributed by atoms with Crippen LogP contribution < -0.4 is 10.6 Å². The zero-order valence-electron chi connectivity index (χ0n) is 17.1. The Morgan fingerprint density at radius 2 is 1.64 bits per heavy atom. The predicted octanol–water partition coefficient (Wildman–Crippen LogP) is 3.50. The molecule has 5 nitrogen and oxygen atoms in total. The third-order valence-corrected chi connectivity index (χ3v) is 4.91. The Hall–Kier alpha value is -2.66. The Labute approximate surface area is 168 Å². The summed E-state index contributed by atoms with van der Waals surface area (Å²) < 4.78 is 0. The summed E-state index contributed by atoms with van der Waals surface area (Å²) in [4.78, 5) is 26.3. The molecular weight excluding hydrogens is 350 g/mol. The molecule has 0 aliphatic heterocycles. The van der Waals surface area contributed by atoms with E-state index in [-0.39, 0.29) is 11.8 Å². The number of rotatable bonds is 10. The second kappa shape index (κ2) is 11.2. The Morgan fingerprint density at radius 1 is 0.929 bits per heavy atom. The first kappa shape index (κ1) is 21.6. The molecule has 150 valence electrons. The average Bonchev–Trinajstić information content (AvgIpc) is 2.73. The van der Waals surface area contributed by atoms with Crippen LogP contribution in [0.5, 0.6) is 0 Å². The van der Waals surface area contributed by atoms with Crippen molar-refractivity contribution in [2.24, 2.45) is 0 Å². The van der Waals surface area contributed by atoms with Crippen molar-refractivity contribution in [1.29, 1.82) is 0 Å². The standard InChI is InChI=1S/C23H31N3O2/c1-4-26(5-2)16-15-18-9-12-21(13-10-18)25-22(27)14-11-19-7-6-8-20(17-19)23(28)24-3/h6-10,12-13,17H,4-5,11,14-16H2,1-3H3,(H,24,28)(H,25,27). The fraction of sp³-hybridized carbons (Fsp3) is 0.391. The van der Waals surface area contributed by atoms with Crippen LogP contribution in [0, 0.1) is 0 Å². The number of hydrogen-bond donors (Lipinski definition) is 2. The maximum atomic E-state index is 12.2. The van der Waals surface area contributed by atoms with Gasteiger partial charge in [-0.3, -0.25) is 9.59 Å². The fourth-order valence-electron chi connectivity index (χ4n) is 3.08. The quantitative estimate of drug-likeness (QED) is 0.662. The van der Waals surface area contributed by atoms with Gasteiger partial charge in [-0.1, -0.05) is 38.1 Å². The fourth-order valence-corrected chi connectivity index (χ4v) is 3.08. The predicted molar refractivity (Wildman–Crippen MR) is 115 cm³/mol. The molecule has 0 heterocycles. The Bertz CT molecular complexity index is 768. The largest absolute Gasteiger partial charge is 0.355 e. The molecule has 2 rings (SSSR count). The van der Waals surface area contributed by atoms with Crippen LogP contribution in [0.2, 0.25) is 0 Å². The molecule has 5 heteroatoms. The Kier molecular flexibility index (Phi) is 8.69. The van der Waals surface area contributed by atoms with Crippen molar-refractivity contribution in [2.45, 2.75) is 33.1 Å². The van der Waals surface area contributed by atoms with E-state index in [0.29, 0.717) is 18.4 Å². The van der Waals surface area contributed by atoms with E-state index in [1.54, 1.807) is 13.1 Å². The molecule has 0 unspecified atom stereocenters. The van der Waals surface area contributed by atoms with E-state index in [2.05, 4.69) is 41.5 Å². The van der Waals surface area contributed by atoms with Crippen molar-refractivity contribution in [3.05, 3.63) is 65.2 Å². The summed E-state index contributed by atoms with van der Waals surface area (Å²) in [6.45, 7) is 7.54. The van der Waals surface area contributed by atoms with Crippen molar-refractivity contribution in [3.63, 3.8) is 0 Å². The summed E-state index contributed by atoms with van der Waals surface area (Å²) in [5.74, 6) is -0.145. The smallest absolute Gasteiger partial charge is 0.251 e. The molecule has 2 amide bonds. The molecule has 0 radical (unpaired) electrons. The molecule has 28 heavy (non-hydrogen) atoms. The topological polar surface area (TPSA) is 61.4 Å². The van der Waals surface area contributed by atoms with Crippen LogP contribution in [-0.2, 0) is 17.6 Å². The lowest BCUT2D eigenvalue weighted by Gasteiger charge is -2.17. The third-order valence-electron chi connectivity index (χ3n) is 4.91. The molecule has 0 aromatic heterocycles. The van der Waals surface area contributed by atoms with E-state index in [1.165, 1.54) is 5.56 Å². The molecular formula is C23H31N3O2. The highest BCUT2D eigenvalue weighted by Crippen LogP contribution is 2.12. The number of carbonyl (C=O) groups is 2. The molecule has 0 saturated heterocycles. The van der Waals surface area contributed by atoms with Gasteiger partial charge in [0.05, 0.1) is 0 Å². The number of likely N-dealkylation sites (N-methyl/N-ethyl adjacent to an activating group) is 1. The van der Waals surface area contributed by atoms with Gasteiger partial charge >= 0.3 is 0 Å². The summed E-state index contributed by atoms with van der Waals surface area (Å²) in [5, 5.41) is 5.56. The van der Waals surface area contributed by atoms with Gasteiger partial charge in [0.2, 0.25) is 5.91 Å². The third kappa shape index (κ3) is 6.82. The van der Waals surface area contributed by atoms with Crippen molar-refractivity contribution < 1.29 is 9.59 Å². The highest BCUT2D eigenvalue weighted by Gasteiger charge is 2.07. The second-order valence-corrected chi connectivity index (χ2v) is 6.80. The van der Waals surface area contributed by atoms with Gasteiger partial charge < -0.3 is 15.5 Å². The van der Waals surface area contributed by atoms with Crippen LogP contribution in [0.1, 0.15) is 41.8 Å². The average molecular weight is 382 g/mol. The number of aryl methyl sites for hydroxylation is 1. The normalized spacial score (nSPS) is 10.7. The molecule has 0 aliphatic rings. The maximum Gasteiger partial charge on any atom is 0.251 e. The van der Waals surface area contributed by atoms with E-state index in [9.17, 15) is 9.59 Å². The van der Waals surface area contributed by atoms with Gasteiger partial charge in [-0.05, 0) is 61.3 Å². The molecule has 2 aromatic rings. The minimum atomic E-state index is -0.118. The molecule has 0 fully saturated rings. The first-order valence-corrected chi connectivity index (χ1v) is 9.97. The number of nitrogens with zero attached hydrogens (tertiary/aromatic N) is 1. The number of hydrogen-bond acceptors (Lipinski definition) is 3. The lowest BCUT2D eigenvalue weighted by molar-refractivity contribution is -0.116. The zero-order chi connectivity index (χ0) is 20.4. The number of amides is 2. The molecule has 0 spiro atoms. The molecule has 0 bridgehead atoms. The molecule has 2 N–H and O–H groups in total. The SMILES string of the molecule is CCN(CC)CCc1ccc(NC(=O)CCc2cccc(C(=O)NC)c2)cc1. The van der Waals surface area contributed by atoms with Crippen molar-refractivity contribution in [3.8, 4) is 0 Å². The molecule has 2 aromatic carbocycles. The van der Waals surface area contributed by atoms with Gasteiger partial charge in [0.1, 0.15) is 0 Å². The molecule has 0 atom stereocenters.